The lowest BCUT2D eigenvalue weighted by Gasteiger charge is -2.11. The summed E-state index contributed by atoms with van der Waals surface area (Å²) in [6.45, 7) is 1.99. The molecule has 14 heavy (non-hydrogen) atoms. The van der Waals surface area contributed by atoms with Crippen molar-refractivity contribution in [1.29, 1.82) is 0 Å². The molecule has 1 aliphatic rings. The highest BCUT2D eigenvalue weighted by molar-refractivity contribution is 5.97. The van der Waals surface area contributed by atoms with Crippen LogP contribution in [0.5, 0.6) is 0 Å². The van der Waals surface area contributed by atoms with E-state index in [2.05, 4.69) is 15.0 Å². The first-order valence-corrected chi connectivity index (χ1v) is 4.42. The second kappa shape index (κ2) is 3.25. The van der Waals surface area contributed by atoms with Gasteiger partial charge in [-0.05, 0) is 12.5 Å². The number of imidazole rings is 1. The zero-order valence-electron chi connectivity index (χ0n) is 7.79. The van der Waals surface area contributed by atoms with Crippen molar-refractivity contribution in [2.75, 3.05) is 0 Å². The lowest BCUT2D eigenvalue weighted by molar-refractivity contribution is 0.609. The summed E-state index contributed by atoms with van der Waals surface area (Å²) in [6.07, 6.45) is 3.58. The van der Waals surface area contributed by atoms with Crippen LogP contribution < -0.4 is 5.73 Å². The molecule has 3 N–H and O–H groups in total. The third-order valence-corrected chi connectivity index (χ3v) is 2.27. The van der Waals surface area contributed by atoms with E-state index in [1.54, 1.807) is 6.33 Å². The van der Waals surface area contributed by atoms with Gasteiger partial charge in [0.05, 0.1) is 6.33 Å². The number of amidine groups is 1. The molecule has 1 aromatic rings. The first kappa shape index (κ1) is 8.93. The van der Waals surface area contributed by atoms with Gasteiger partial charge in [-0.2, -0.15) is 4.39 Å². The molecule has 1 aromatic heterocycles. The summed E-state index contributed by atoms with van der Waals surface area (Å²) in [6, 6.07) is 0. The van der Waals surface area contributed by atoms with Crippen LogP contribution >= 0.6 is 0 Å². The number of rotatable bonds is 0. The maximum Gasteiger partial charge on any atom is 0.210 e. The summed E-state index contributed by atoms with van der Waals surface area (Å²) in [7, 11) is 0. The second-order valence-corrected chi connectivity index (χ2v) is 3.33. The van der Waals surface area contributed by atoms with E-state index in [-0.39, 0.29) is 11.8 Å². The van der Waals surface area contributed by atoms with E-state index in [4.69, 9.17) is 5.73 Å². The number of aromatic amines is 1. The van der Waals surface area contributed by atoms with Crippen molar-refractivity contribution >= 4 is 5.84 Å². The van der Waals surface area contributed by atoms with Crippen LogP contribution in [-0.2, 0) is 0 Å². The molecule has 5 heteroatoms. The Kier molecular flexibility index (Phi) is 2.07. The number of nitrogens with one attached hydrogen (secondary N) is 1. The molecule has 0 spiro atoms. The zero-order valence-corrected chi connectivity index (χ0v) is 7.79. The Morgan fingerprint density at radius 3 is 3.21 bits per heavy atom. The van der Waals surface area contributed by atoms with E-state index in [1.165, 1.54) is 6.08 Å². The van der Waals surface area contributed by atoms with Gasteiger partial charge < -0.3 is 10.7 Å². The molecular weight excluding hydrogens is 183 g/mol. The fourth-order valence-corrected chi connectivity index (χ4v) is 1.49. The Hall–Kier alpha value is -1.65. The Morgan fingerprint density at radius 1 is 1.64 bits per heavy atom. The Labute approximate surface area is 80.8 Å². The maximum atomic E-state index is 13.0. The number of halogens is 1. The number of aliphatic imine (C=N–C) groups is 1. The second-order valence-electron chi connectivity index (χ2n) is 3.33. The van der Waals surface area contributed by atoms with Crippen molar-refractivity contribution in [2.45, 2.75) is 19.3 Å². The molecule has 1 atom stereocenters. The molecule has 0 saturated carbocycles. The fourth-order valence-electron chi connectivity index (χ4n) is 1.49. The van der Waals surface area contributed by atoms with E-state index in [9.17, 15) is 4.39 Å². The molecule has 0 aliphatic carbocycles. The Bertz CT molecular complexity index is 405. The van der Waals surface area contributed by atoms with E-state index >= 15 is 0 Å². The third kappa shape index (κ3) is 1.41. The molecule has 0 fully saturated rings. The normalized spacial score (nSPS) is 29.1. The fraction of sp³-hybridized carbons (Fsp3) is 0.333. The highest BCUT2D eigenvalue weighted by Crippen LogP contribution is 2.23. The summed E-state index contributed by atoms with van der Waals surface area (Å²) in [4.78, 5) is 10.6. The molecule has 0 radical (unpaired) electrons. The van der Waals surface area contributed by atoms with Crippen molar-refractivity contribution in [3.05, 3.63) is 29.7 Å². The van der Waals surface area contributed by atoms with E-state index in [0.29, 0.717) is 12.1 Å². The number of hydrogen-bond donors (Lipinski definition) is 2. The number of aromatic nitrogens is 2. The quantitative estimate of drug-likeness (QED) is 0.613. The van der Waals surface area contributed by atoms with Crippen LogP contribution in [0.3, 0.4) is 0 Å². The van der Waals surface area contributed by atoms with Gasteiger partial charge in [0.15, 0.2) is 5.84 Å². The molecule has 1 aliphatic heterocycles. The number of hydrogen-bond acceptors (Lipinski definition) is 3. The highest BCUT2D eigenvalue weighted by atomic mass is 19.1. The minimum Gasteiger partial charge on any atom is -0.382 e. The number of nitrogens with two attached hydrogens (primary N) is 1. The molecular formula is C9H11FN4. The van der Waals surface area contributed by atoms with Crippen LogP contribution in [0.4, 0.5) is 4.39 Å². The van der Waals surface area contributed by atoms with Crippen LogP contribution in [0.25, 0.3) is 0 Å². The molecule has 74 valence electrons. The molecule has 0 bridgehead atoms. The van der Waals surface area contributed by atoms with Gasteiger partial charge in [0.1, 0.15) is 5.69 Å². The molecule has 1 unspecified atom stereocenters. The first-order valence-electron chi connectivity index (χ1n) is 4.42. The van der Waals surface area contributed by atoms with Gasteiger partial charge in [0, 0.05) is 11.6 Å². The molecule has 0 aromatic carbocycles. The van der Waals surface area contributed by atoms with Gasteiger partial charge in [0.25, 0.3) is 0 Å². The third-order valence-electron chi connectivity index (χ3n) is 2.27. The topological polar surface area (TPSA) is 67.1 Å². The molecule has 0 saturated heterocycles. The molecule has 4 nitrogen and oxygen atoms in total. The first-order chi connectivity index (χ1) is 6.68. The minimum absolute atomic E-state index is 0.126. The number of nitrogens with zero attached hydrogens (tertiary/aromatic N) is 2. The smallest absolute Gasteiger partial charge is 0.210 e. The summed E-state index contributed by atoms with van der Waals surface area (Å²) in [5.41, 5.74) is 7.07. The van der Waals surface area contributed by atoms with Crippen LogP contribution in [0, 0.1) is 0 Å². The van der Waals surface area contributed by atoms with Gasteiger partial charge in [-0.1, -0.05) is 6.92 Å². The lowest BCUT2D eigenvalue weighted by atomic mass is 10.0. The van der Waals surface area contributed by atoms with Crippen molar-refractivity contribution < 1.29 is 4.39 Å². The Morgan fingerprint density at radius 2 is 2.43 bits per heavy atom. The van der Waals surface area contributed by atoms with Crippen LogP contribution in [0.2, 0.25) is 0 Å². The standard InChI is InChI=1S/C9H11FN4/c1-5-2-3-6(10)14-9(11)8-7(5)12-4-13-8/h3-5H,2H2,1H3,(H2,11,14)(H,12,13)/b6-3+. The average Bonchev–Trinajstić information content (AvgIpc) is 2.60. The predicted molar refractivity (Wildman–Crippen MR) is 51.5 cm³/mol. The largest absolute Gasteiger partial charge is 0.382 e. The molecule has 2 heterocycles. The van der Waals surface area contributed by atoms with Crippen molar-refractivity contribution in [2.24, 2.45) is 10.7 Å². The number of H-pyrrole nitrogens is 1. The summed E-state index contributed by atoms with van der Waals surface area (Å²) in [5, 5.41) is 0. The molecule has 2 rings (SSSR count). The van der Waals surface area contributed by atoms with Gasteiger partial charge >= 0.3 is 0 Å². The van der Waals surface area contributed by atoms with Crippen LogP contribution in [-0.4, -0.2) is 15.8 Å². The summed E-state index contributed by atoms with van der Waals surface area (Å²) in [5.74, 6) is -0.239. The van der Waals surface area contributed by atoms with Gasteiger partial charge in [-0.3, -0.25) is 0 Å². The maximum absolute atomic E-state index is 13.0. The van der Waals surface area contributed by atoms with E-state index in [1.807, 2.05) is 6.92 Å². The molecule has 0 amide bonds. The van der Waals surface area contributed by atoms with Crippen LogP contribution in [0.1, 0.15) is 30.7 Å². The van der Waals surface area contributed by atoms with E-state index in [0.717, 1.165) is 5.69 Å². The lowest BCUT2D eigenvalue weighted by Crippen LogP contribution is -2.18. The highest BCUT2D eigenvalue weighted by Gasteiger charge is 2.17. The van der Waals surface area contributed by atoms with Crippen molar-refractivity contribution in [1.82, 2.24) is 9.97 Å². The summed E-state index contributed by atoms with van der Waals surface area (Å²) >= 11 is 0. The van der Waals surface area contributed by atoms with Gasteiger partial charge in [0.2, 0.25) is 5.95 Å². The summed E-state index contributed by atoms with van der Waals surface area (Å²) < 4.78 is 13.0. The number of fused-ring (bicyclic) bond motifs is 1. The van der Waals surface area contributed by atoms with Crippen molar-refractivity contribution in [3.8, 4) is 0 Å². The average molecular weight is 194 g/mol. The predicted octanol–water partition coefficient (Wildman–Crippen LogP) is 1.43. The number of allylic oxidation sites excluding steroid dienone is 1. The van der Waals surface area contributed by atoms with Crippen molar-refractivity contribution in [3.63, 3.8) is 0 Å². The van der Waals surface area contributed by atoms with Gasteiger partial charge in [-0.15, -0.1) is 0 Å². The SMILES string of the molecule is CC1C/C=C(F)/N=C(/N)c2nc[nH]c21. The van der Waals surface area contributed by atoms with E-state index < -0.39 is 5.95 Å². The Balaban J connectivity index is 2.53. The zero-order chi connectivity index (χ0) is 10.1. The minimum atomic E-state index is -0.539. The monoisotopic (exact) mass is 194 g/mol. The van der Waals surface area contributed by atoms with Crippen LogP contribution in [0.15, 0.2) is 23.3 Å². The van der Waals surface area contributed by atoms with Gasteiger partial charge in [-0.25, -0.2) is 9.98 Å².